The Balaban J connectivity index is 1.59. The van der Waals surface area contributed by atoms with E-state index in [0.29, 0.717) is 33.7 Å². The van der Waals surface area contributed by atoms with E-state index in [1.54, 1.807) is 24.3 Å². The van der Waals surface area contributed by atoms with Gasteiger partial charge in [0.05, 0.1) is 18.2 Å². The van der Waals surface area contributed by atoms with Crippen molar-refractivity contribution < 1.29 is 13.9 Å². The number of hydrogen-bond acceptors (Lipinski definition) is 5. The predicted molar refractivity (Wildman–Crippen MR) is 134 cm³/mol. The Hall–Kier alpha value is -3.97. The minimum Gasteiger partial charge on any atom is -0.496 e. The van der Waals surface area contributed by atoms with E-state index in [0.717, 1.165) is 16.5 Å². The highest BCUT2D eigenvalue weighted by Gasteiger charge is 2.16. The SMILES string of the molecule is COc1c(C)cccc1C(=O)NC(=S)Nc1cc(-c2cc3ccccc3oc2=O)ccc1C. The van der Waals surface area contributed by atoms with Crippen molar-refractivity contribution in [3.8, 4) is 16.9 Å². The van der Waals surface area contributed by atoms with E-state index in [9.17, 15) is 9.59 Å². The van der Waals surface area contributed by atoms with Gasteiger partial charge in [0, 0.05) is 11.1 Å². The Morgan fingerprint density at radius 2 is 1.76 bits per heavy atom. The first-order valence-electron chi connectivity index (χ1n) is 10.3. The van der Waals surface area contributed by atoms with Crippen LogP contribution in [-0.4, -0.2) is 18.1 Å². The highest BCUT2D eigenvalue weighted by atomic mass is 32.1. The number of thiocarbonyl (C=S) groups is 1. The second kappa shape index (κ2) is 9.26. The highest BCUT2D eigenvalue weighted by Crippen LogP contribution is 2.26. The maximum atomic E-state index is 12.7. The third-order valence-corrected chi connectivity index (χ3v) is 5.53. The molecule has 3 aromatic carbocycles. The normalized spacial score (nSPS) is 10.6. The molecule has 0 radical (unpaired) electrons. The fourth-order valence-electron chi connectivity index (χ4n) is 3.61. The zero-order valence-corrected chi connectivity index (χ0v) is 19.2. The third kappa shape index (κ3) is 4.63. The fraction of sp³-hybridized carbons (Fsp3) is 0.115. The fourth-order valence-corrected chi connectivity index (χ4v) is 3.82. The molecular formula is C26H22N2O4S. The molecule has 6 nitrogen and oxygen atoms in total. The zero-order chi connectivity index (χ0) is 23.5. The van der Waals surface area contributed by atoms with E-state index in [1.807, 2.05) is 56.3 Å². The number of aryl methyl sites for hydroxylation is 2. The van der Waals surface area contributed by atoms with Gasteiger partial charge in [-0.1, -0.05) is 42.5 Å². The van der Waals surface area contributed by atoms with E-state index in [1.165, 1.54) is 7.11 Å². The Morgan fingerprint density at radius 1 is 0.970 bits per heavy atom. The summed E-state index contributed by atoms with van der Waals surface area (Å²) >= 11 is 5.37. The monoisotopic (exact) mass is 458 g/mol. The molecule has 0 unspecified atom stereocenters. The van der Waals surface area contributed by atoms with Crippen molar-refractivity contribution in [2.45, 2.75) is 13.8 Å². The molecule has 1 amide bonds. The average molecular weight is 459 g/mol. The Labute approximate surface area is 196 Å². The second-order valence-corrected chi connectivity index (χ2v) is 7.99. The average Bonchev–Trinajstić information content (AvgIpc) is 2.80. The number of carbonyl (C=O) groups excluding carboxylic acids is 1. The van der Waals surface area contributed by atoms with E-state index >= 15 is 0 Å². The van der Waals surface area contributed by atoms with Gasteiger partial charge in [-0.2, -0.15) is 0 Å². The number of benzene rings is 3. The van der Waals surface area contributed by atoms with Crippen LogP contribution in [0.4, 0.5) is 5.69 Å². The Morgan fingerprint density at radius 3 is 2.55 bits per heavy atom. The quantitative estimate of drug-likeness (QED) is 0.323. The van der Waals surface area contributed by atoms with E-state index < -0.39 is 5.63 Å². The molecule has 0 saturated heterocycles. The lowest BCUT2D eigenvalue weighted by atomic mass is 10.0. The number of para-hydroxylation sites is 2. The number of anilines is 1. The Kier molecular flexibility index (Phi) is 6.24. The van der Waals surface area contributed by atoms with Crippen LogP contribution >= 0.6 is 12.2 Å². The molecule has 7 heteroatoms. The number of ether oxygens (including phenoxy) is 1. The van der Waals surface area contributed by atoms with Crippen molar-refractivity contribution in [1.29, 1.82) is 0 Å². The smallest absolute Gasteiger partial charge is 0.344 e. The molecule has 2 N–H and O–H groups in total. The number of methoxy groups -OCH3 is 1. The molecule has 4 rings (SSSR count). The number of fused-ring (bicyclic) bond motifs is 1. The lowest BCUT2D eigenvalue weighted by Crippen LogP contribution is -2.34. The van der Waals surface area contributed by atoms with Crippen molar-refractivity contribution in [3.63, 3.8) is 0 Å². The number of amides is 1. The van der Waals surface area contributed by atoms with Crippen molar-refractivity contribution in [2.24, 2.45) is 0 Å². The molecule has 1 heterocycles. The van der Waals surface area contributed by atoms with Gasteiger partial charge >= 0.3 is 5.63 Å². The number of carbonyl (C=O) groups is 1. The molecule has 0 aliphatic rings. The summed E-state index contributed by atoms with van der Waals surface area (Å²) in [5.41, 5.74) is 4.03. The van der Waals surface area contributed by atoms with Crippen LogP contribution in [0.15, 0.2) is 75.9 Å². The molecule has 0 aliphatic carbocycles. The van der Waals surface area contributed by atoms with E-state index in [4.69, 9.17) is 21.4 Å². The highest BCUT2D eigenvalue weighted by molar-refractivity contribution is 7.80. The van der Waals surface area contributed by atoms with Gasteiger partial charge in [-0.25, -0.2) is 4.79 Å². The summed E-state index contributed by atoms with van der Waals surface area (Å²) in [5, 5.41) is 6.71. The molecule has 0 saturated carbocycles. The first kappa shape index (κ1) is 22.2. The number of rotatable bonds is 4. The van der Waals surface area contributed by atoms with Crippen molar-refractivity contribution in [3.05, 3.63) is 93.8 Å². The molecule has 0 bridgehead atoms. The van der Waals surface area contributed by atoms with Gasteiger partial charge < -0.3 is 14.5 Å². The van der Waals surface area contributed by atoms with Gasteiger partial charge in [-0.15, -0.1) is 0 Å². The van der Waals surface area contributed by atoms with Crippen LogP contribution in [0.5, 0.6) is 5.75 Å². The molecule has 4 aromatic rings. The lowest BCUT2D eigenvalue weighted by molar-refractivity contribution is 0.0974. The van der Waals surface area contributed by atoms with Gasteiger partial charge in [0.25, 0.3) is 5.91 Å². The summed E-state index contributed by atoms with van der Waals surface area (Å²) in [7, 11) is 1.52. The zero-order valence-electron chi connectivity index (χ0n) is 18.4. The lowest BCUT2D eigenvalue weighted by Gasteiger charge is -2.15. The summed E-state index contributed by atoms with van der Waals surface area (Å²) in [5.74, 6) is 0.121. The standard InChI is InChI=1S/C26H22N2O4S/c1-15-11-12-17(20-13-18-8-4-5-10-22(18)32-25(20)30)14-21(15)27-26(33)28-24(29)19-9-6-7-16(2)23(19)31-3/h4-14H,1-3H3,(H2,27,28,29,33). The largest absolute Gasteiger partial charge is 0.496 e. The third-order valence-electron chi connectivity index (χ3n) is 5.33. The van der Waals surface area contributed by atoms with Gasteiger partial charge in [0.2, 0.25) is 0 Å². The van der Waals surface area contributed by atoms with Gasteiger partial charge in [0.15, 0.2) is 5.11 Å². The second-order valence-electron chi connectivity index (χ2n) is 7.58. The summed E-state index contributed by atoms with van der Waals surface area (Å²) < 4.78 is 10.8. The first-order valence-corrected chi connectivity index (χ1v) is 10.7. The molecule has 0 fully saturated rings. The van der Waals surface area contributed by atoms with Crippen LogP contribution in [0.3, 0.4) is 0 Å². The van der Waals surface area contributed by atoms with Crippen LogP contribution in [-0.2, 0) is 0 Å². The van der Waals surface area contributed by atoms with Gasteiger partial charge in [-0.05, 0) is 67.0 Å². The minimum atomic E-state index is -0.425. The van der Waals surface area contributed by atoms with Crippen LogP contribution in [0.1, 0.15) is 21.5 Å². The van der Waals surface area contributed by atoms with Crippen LogP contribution < -0.4 is 21.0 Å². The van der Waals surface area contributed by atoms with Crippen LogP contribution in [0.2, 0.25) is 0 Å². The van der Waals surface area contributed by atoms with E-state index in [-0.39, 0.29) is 11.0 Å². The predicted octanol–water partition coefficient (Wildman–Crippen LogP) is 5.21. The summed E-state index contributed by atoms with van der Waals surface area (Å²) in [6, 6.07) is 20.0. The molecule has 0 spiro atoms. The molecule has 1 aromatic heterocycles. The van der Waals surface area contributed by atoms with Crippen LogP contribution in [0, 0.1) is 13.8 Å². The summed E-state index contributed by atoms with van der Waals surface area (Å²) in [4.78, 5) is 25.3. The maximum absolute atomic E-state index is 12.7. The van der Waals surface area contributed by atoms with Crippen molar-refractivity contribution >= 4 is 39.9 Å². The van der Waals surface area contributed by atoms with Gasteiger partial charge in [0.1, 0.15) is 11.3 Å². The summed E-state index contributed by atoms with van der Waals surface area (Å²) in [6.45, 7) is 3.77. The summed E-state index contributed by atoms with van der Waals surface area (Å²) in [6.07, 6.45) is 0. The molecule has 0 aliphatic heterocycles. The maximum Gasteiger partial charge on any atom is 0.344 e. The van der Waals surface area contributed by atoms with E-state index in [2.05, 4.69) is 10.6 Å². The number of nitrogens with one attached hydrogen (secondary N) is 2. The van der Waals surface area contributed by atoms with Crippen molar-refractivity contribution in [2.75, 3.05) is 12.4 Å². The van der Waals surface area contributed by atoms with Crippen LogP contribution in [0.25, 0.3) is 22.1 Å². The molecular weight excluding hydrogens is 436 g/mol. The van der Waals surface area contributed by atoms with Crippen molar-refractivity contribution in [1.82, 2.24) is 5.32 Å². The number of hydrogen-bond donors (Lipinski definition) is 2. The molecule has 33 heavy (non-hydrogen) atoms. The van der Waals surface area contributed by atoms with Gasteiger partial charge in [-0.3, -0.25) is 10.1 Å². The molecule has 0 atom stereocenters. The first-order chi connectivity index (χ1) is 15.9. The Bertz CT molecular complexity index is 1440. The topological polar surface area (TPSA) is 80.6 Å². The minimum absolute atomic E-state index is 0.134. The molecule has 166 valence electrons.